The molecule has 0 bridgehead atoms. The largest absolute Gasteiger partial charge is 0.495 e. The van der Waals surface area contributed by atoms with E-state index in [1.807, 2.05) is 4.90 Å². The average Bonchev–Trinajstić information content (AvgIpc) is 3.41. The van der Waals surface area contributed by atoms with Gasteiger partial charge in [0.15, 0.2) is 5.76 Å². The van der Waals surface area contributed by atoms with Gasteiger partial charge < -0.3 is 29.6 Å². The van der Waals surface area contributed by atoms with Crippen LogP contribution in [0, 0.1) is 0 Å². The monoisotopic (exact) mass is 483 g/mol. The molecular weight excluding hydrogens is 454 g/mol. The fourth-order valence-corrected chi connectivity index (χ4v) is 4.29. The van der Waals surface area contributed by atoms with E-state index < -0.39 is 6.04 Å². The van der Waals surface area contributed by atoms with Crippen molar-refractivity contribution < 1.29 is 28.3 Å². The number of carbonyl (C=O) groups is 4. The van der Waals surface area contributed by atoms with Crippen molar-refractivity contribution in [1.29, 1.82) is 0 Å². The van der Waals surface area contributed by atoms with Crippen molar-refractivity contribution in [2.24, 2.45) is 0 Å². The minimum absolute atomic E-state index is 0.112. The van der Waals surface area contributed by atoms with Crippen LogP contribution >= 0.6 is 0 Å². The van der Waals surface area contributed by atoms with E-state index in [0.717, 1.165) is 0 Å². The maximum Gasteiger partial charge on any atom is 0.289 e. The zero-order chi connectivity index (χ0) is 24.8. The molecule has 4 rings (SSSR count). The van der Waals surface area contributed by atoms with Gasteiger partial charge >= 0.3 is 0 Å². The molecule has 11 nitrogen and oxygen atoms in total. The first kappa shape index (κ1) is 24.3. The molecule has 1 atom stereocenters. The van der Waals surface area contributed by atoms with Gasteiger partial charge in [-0.05, 0) is 24.3 Å². The van der Waals surface area contributed by atoms with Gasteiger partial charge in [0.1, 0.15) is 11.8 Å². The minimum atomic E-state index is -0.896. The predicted molar refractivity (Wildman–Crippen MR) is 126 cm³/mol. The van der Waals surface area contributed by atoms with Gasteiger partial charge in [-0.2, -0.15) is 0 Å². The van der Waals surface area contributed by atoms with E-state index in [9.17, 15) is 19.2 Å². The fourth-order valence-electron chi connectivity index (χ4n) is 4.29. The molecule has 2 aromatic rings. The Morgan fingerprint density at radius 2 is 1.86 bits per heavy atom. The number of amides is 4. The van der Waals surface area contributed by atoms with E-state index in [1.165, 1.54) is 18.3 Å². The number of furan rings is 1. The second-order valence-corrected chi connectivity index (χ2v) is 8.39. The van der Waals surface area contributed by atoms with E-state index in [4.69, 9.17) is 9.15 Å². The zero-order valence-corrected chi connectivity index (χ0v) is 19.6. The quantitative estimate of drug-likeness (QED) is 0.584. The molecule has 2 fully saturated rings. The lowest BCUT2D eigenvalue weighted by Gasteiger charge is -2.38. The molecule has 11 heteroatoms. The van der Waals surface area contributed by atoms with Crippen LogP contribution in [0.15, 0.2) is 47.1 Å². The molecule has 2 saturated heterocycles. The summed E-state index contributed by atoms with van der Waals surface area (Å²) in [5.41, 5.74) is 0.496. The Morgan fingerprint density at radius 1 is 1.09 bits per heavy atom. The van der Waals surface area contributed by atoms with Crippen LogP contribution in [0.25, 0.3) is 0 Å². The average molecular weight is 484 g/mol. The summed E-state index contributed by atoms with van der Waals surface area (Å²) >= 11 is 0. The van der Waals surface area contributed by atoms with Gasteiger partial charge in [-0.3, -0.25) is 24.1 Å². The number of hydrogen-bond donors (Lipinski definition) is 2. The van der Waals surface area contributed by atoms with Crippen molar-refractivity contribution in [2.75, 3.05) is 58.2 Å². The van der Waals surface area contributed by atoms with Gasteiger partial charge in [0.25, 0.3) is 5.91 Å². The van der Waals surface area contributed by atoms with Gasteiger partial charge in [0.2, 0.25) is 17.7 Å². The second-order valence-electron chi connectivity index (χ2n) is 8.39. The third kappa shape index (κ3) is 5.80. The Labute approximate surface area is 203 Å². The number of ether oxygens (including phenoxy) is 1. The van der Waals surface area contributed by atoms with Gasteiger partial charge in [-0.15, -0.1) is 0 Å². The number of hydrogen-bond acceptors (Lipinski definition) is 7. The molecule has 4 amide bonds. The maximum atomic E-state index is 13.1. The summed E-state index contributed by atoms with van der Waals surface area (Å²) in [7, 11) is 1.51. The number of anilines is 1. The molecule has 1 aromatic carbocycles. The van der Waals surface area contributed by atoms with E-state index >= 15 is 0 Å². The molecule has 2 aliphatic rings. The lowest BCUT2D eigenvalue weighted by atomic mass is 10.1. The highest BCUT2D eigenvalue weighted by Gasteiger charge is 2.36. The number of nitrogens with one attached hydrogen (secondary N) is 2. The number of para-hydroxylation sites is 2. The summed E-state index contributed by atoms with van der Waals surface area (Å²) in [6.07, 6.45) is 1.30. The van der Waals surface area contributed by atoms with Crippen molar-refractivity contribution >= 4 is 29.3 Å². The van der Waals surface area contributed by atoms with Crippen LogP contribution < -0.4 is 15.4 Å². The van der Waals surface area contributed by atoms with Gasteiger partial charge in [0.05, 0.1) is 32.0 Å². The maximum absolute atomic E-state index is 13.1. The molecule has 1 unspecified atom stereocenters. The molecule has 1 aromatic heterocycles. The predicted octanol–water partition coefficient (Wildman–Crippen LogP) is 0.402. The van der Waals surface area contributed by atoms with Crippen LogP contribution in [0.4, 0.5) is 5.69 Å². The lowest BCUT2D eigenvalue weighted by Crippen LogP contribution is -2.60. The number of carbonyl (C=O) groups excluding carboxylic acids is 4. The number of nitrogens with zero attached hydrogens (tertiary/aromatic N) is 3. The highest BCUT2D eigenvalue weighted by Crippen LogP contribution is 2.23. The fraction of sp³-hybridized carbons (Fsp3) is 0.417. The Kier molecular flexibility index (Phi) is 7.66. The van der Waals surface area contributed by atoms with Crippen molar-refractivity contribution in [3.8, 4) is 5.75 Å². The molecule has 35 heavy (non-hydrogen) atoms. The SMILES string of the molecule is COc1ccccc1NC(=O)CC1C(=O)NCCN1C(=O)CN1CCN(C(=O)c2ccco2)CC1. The molecule has 0 aliphatic carbocycles. The summed E-state index contributed by atoms with van der Waals surface area (Å²) < 4.78 is 10.4. The summed E-state index contributed by atoms with van der Waals surface area (Å²) in [6, 6.07) is 9.39. The van der Waals surface area contributed by atoms with E-state index in [2.05, 4.69) is 10.6 Å². The van der Waals surface area contributed by atoms with E-state index in [1.54, 1.807) is 41.3 Å². The van der Waals surface area contributed by atoms with Crippen molar-refractivity contribution in [3.05, 3.63) is 48.4 Å². The summed E-state index contributed by atoms with van der Waals surface area (Å²) in [6.45, 7) is 2.76. The van der Waals surface area contributed by atoms with Crippen LogP contribution in [-0.4, -0.2) is 97.3 Å². The molecule has 0 radical (unpaired) electrons. The first-order valence-corrected chi connectivity index (χ1v) is 11.5. The molecular formula is C24H29N5O6. The first-order chi connectivity index (χ1) is 17.0. The molecule has 2 aliphatic heterocycles. The van der Waals surface area contributed by atoms with Crippen LogP contribution in [0.2, 0.25) is 0 Å². The standard InChI is InChI=1S/C24H29N5O6/c1-34-19-6-3-2-5-17(19)26-21(30)15-18-23(32)25-8-9-29(18)22(31)16-27-10-12-28(13-11-27)24(33)20-7-4-14-35-20/h2-7,14,18H,8-13,15-16H2,1H3,(H,25,32)(H,26,30). The van der Waals surface area contributed by atoms with Gasteiger partial charge in [-0.25, -0.2) is 0 Å². The first-order valence-electron chi connectivity index (χ1n) is 11.5. The molecule has 0 spiro atoms. The summed E-state index contributed by atoms with van der Waals surface area (Å²) in [5, 5.41) is 5.50. The van der Waals surface area contributed by atoms with Crippen LogP contribution in [0.1, 0.15) is 17.0 Å². The van der Waals surface area contributed by atoms with Crippen molar-refractivity contribution in [1.82, 2.24) is 20.0 Å². The number of benzene rings is 1. The van der Waals surface area contributed by atoms with Crippen molar-refractivity contribution in [2.45, 2.75) is 12.5 Å². The number of methoxy groups -OCH3 is 1. The Bertz CT molecular complexity index is 1060. The lowest BCUT2D eigenvalue weighted by molar-refractivity contribution is -0.145. The van der Waals surface area contributed by atoms with Crippen LogP contribution in [-0.2, 0) is 14.4 Å². The molecule has 2 N–H and O–H groups in total. The smallest absolute Gasteiger partial charge is 0.289 e. The Hall–Kier alpha value is -3.86. The minimum Gasteiger partial charge on any atom is -0.495 e. The van der Waals surface area contributed by atoms with Crippen LogP contribution in [0.3, 0.4) is 0 Å². The summed E-state index contributed by atoms with van der Waals surface area (Å²) in [5.74, 6) is -0.335. The third-order valence-corrected chi connectivity index (χ3v) is 6.16. The number of piperazine rings is 2. The highest BCUT2D eigenvalue weighted by atomic mass is 16.5. The third-order valence-electron chi connectivity index (χ3n) is 6.16. The van der Waals surface area contributed by atoms with Gasteiger partial charge in [0, 0.05) is 39.3 Å². The normalized spacial score (nSPS) is 18.7. The van der Waals surface area contributed by atoms with Crippen LogP contribution in [0.5, 0.6) is 5.75 Å². The highest BCUT2D eigenvalue weighted by molar-refractivity contribution is 5.98. The molecule has 186 valence electrons. The van der Waals surface area contributed by atoms with Gasteiger partial charge in [-0.1, -0.05) is 12.1 Å². The second kappa shape index (κ2) is 11.0. The topological polar surface area (TPSA) is 124 Å². The van der Waals surface area contributed by atoms with Crippen molar-refractivity contribution in [3.63, 3.8) is 0 Å². The molecule has 0 saturated carbocycles. The Morgan fingerprint density at radius 3 is 2.57 bits per heavy atom. The van der Waals surface area contributed by atoms with E-state index in [-0.39, 0.29) is 36.6 Å². The Balaban J connectivity index is 1.32. The summed E-state index contributed by atoms with van der Waals surface area (Å²) in [4.78, 5) is 56.0. The number of rotatable bonds is 7. The van der Waals surface area contributed by atoms with E-state index in [0.29, 0.717) is 56.5 Å². The molecule has 3 heterocycles. The zero-order valence-electron chi connectivity index (χ0n) is 19.6.